The van der Waals surface area contributed by atoms with E-state index >= 15 is 0 Å². The Morgan fingerprint density at radius 2 is 1.89 bits per heavy atom. The summed E-state index contributed by atoms with van der Waals surface area (Å²) in [6.45, 7) is 5.50. The first-order chi connectivity index (χ1) is 27.0. The number of carboxylic acids is 1. The Labute approximate surface area is 327 Å². The number of aliphatic carboxylic acids is 1. The van der Waals surface area contributed by atoms with E-state index in [4.69, 9.17) is 9.47 Å². The Bertz CT molecular complexity index is 1950. The van der Waals surface area contributed by atoms with Crippen molar-refractivity contribution in [2.24, 2.45) is 17.8 Å². The van der Waals surface area contributed by atoms with Crippen LogP contribution in [0.2, 0.25) is 0 Å². The summed E-state index contributed by atoms with van der Waals surface area (Å²) in [6.07, 6.45) is 9.26. The molecule has 6 rings (SSSR count). The number of anilines is 1. The van der Waals surface area contributed by atoms with Crippen LogP contribution in [0.25, 0.3) is 10.8 Å². The van der Waals surface area contributed by atoms with Crippen molar-refractivity contribution in [2.45, 2.75) is 82.8 Å². The van der Waals surface area contributed by atoms with Gasteiger partial charge in [-0.3, -0.25) is 14.7 Å². The van der Waals surface area contributed by atoms with Gasteiger partial charge in [0.2, 0.25) is 0 Å². The van der Waals surface area contributed by atoms with E-state index in [-0.39, 0.29) is 6.42 Å². The SMILES string of the molecule is Cc1ccc(CN2CC[C@@H](Nc3cccc4cnccc34)C2)cc1OC(C)C(CC/C=C\C[C@@H]1[C@@H](/C=C/C(F)(F)COc2ccccc2)[C@H](O)C[C@@H]1O)C(=O)O. The van der Waals surface area contributed by atoms with Crippen molar-refractivity contribution in [3.8, 4) is 11.5 Å². The number of fused-ring (bicyclic) bond motifs is 1. The van der Waals surface area contributed by atoms with E-state index in [1.165, 1.54) is 6.08 Å². The van der Waals surface area contributed by atoms with Gasteiger partial charge in [0.05, 0.1) is 18.1 Å². The van der Waals surface area contributed by atoms with Crippen molar-refractivity contribution in [1.82, 2.24) is 9.88 Å². The van der Waals surface area contributed by atoms with Crippen LogP contribution in [-0.4, -0.2) is 81.1 Å². The molecule has 4 aromatic rings. The van der Waals surface area contributed by atoms with E-state index in [0.717, 1.165) is 59.7 Å². The highest BCUT2D eigenvalue weighted by molar-refractivity contribution is 5.93. The fraction of sp³-hybridized carbons (Fsp3) is 0.422. The molecule has 3 aromatic carbocycles. The predicted octanol–water partition coefficient (Wildman–Crippen LogP) is 8.05. The number of likely N-dealkylation sites (tertiary alicyclic amines) is 1. The third kappa shape index (κ3) is 10.9. The Morgan fingerprint density at radius 1 is 1.07 bits per heavy atom. The molecule has 9 nitrogen and oxygen atoms in total. The fourth-order valence-electron chi connectivity index (χ4n) is 7.88. The Morgan fingerprint density at radius 3 is 2.70 bits per heavy atom. The van der Waals surface area contributed by atoms with Gasteiger partial charge in [0.25, 0.3) is 5.92 Å². The van der Waals surface area contributed by atoms with Crippen molar-refractivity contribution in [2.75, 3.05) is 25.0 Å². The quantitative estimate of drug-likeness (QED) is 0.0745. The highest BCUT2D eigenvalue weighted by atomic mass is 19.3. The van der Waals surface area contributed by atoms with Gasteiger partial charge in [-0.1, -0.05) is 60.7 Å². The van der Waals surface area contributed by atoms with Crippen LogP contribution in [-0.2, 0) is 11.3 Å². The van der Waals surface area contributed by atoms with E-state index in [1.54, 1.807) is 37.3 Å². The molecule has 0 spiro atoms. The summed E-state index contributed by atoms with van der Waals surface area (Å²) in [6, 6.07) is 23.1. The number of aromatic nitrogens is 1. The number of para-hydroxylation sites is 1. The van der Waals surface area contributed by atoms with Crippen LogP contribution in [0.5, 0.6) is 11.5 Å². The lowest BCUT2D eigenvalue weighted by atomic mass is 9.89. The van der Waals surface area contributed by atoms with Crippen LogP contribution >= 0.6 is 0 Å². The molecule has 1 aromatic heterocycles. The number of hydrogen-bond donors (Lipinski definition) is 4. The molecule has 0 amide bonds. The van der Waals surface area contributed by atoms with E-state index < -0.39 is 54.6 Å². The summed E-state index contributed by atoms with van der Waals surface area (Å²) in [5.74, 6) is -5.10. The first-order valence-corrected chi connectivity index (χ1v) is 19.5. The molecule has 298 valence electrons. The number of rotatable bonds is 18. The molecule has 2 aliphatic rings. The van der Waals surface area contributed by atoms with Gasteiger partial charge in [0.15, 0.2) is 6.61 Å². The number of nitrogens with zero attached hydrogens (tertiary/aromatic N) is 2. The molecule has 2 fully saturated rings. The number of halogens is 2. The molecular weight excluding hydrogens is 717 g/mol. The summed E-state index contributed by atoms with van der Waals surface area (Å²) in [7, 11) is 0. The summed E-state index contributed by atoms with van der Waals surface area (Å²) >= 11 is 0. The number of nitrogens with one attached hydrogen (secondary N) is 1. The molecule has 1 aliphatic carbocycles. The number of pyridine rings is 1. The maximum absolute atomic E-state index is 14.6. The van der Waals surface area contributed by atoms with Gasteiger partial charge in [-0.25, -0.2) is 0 Å². The Balaban J connectivity index is 0.979. The van der Waals surface area contributed by atoms with Gasteiger partial charge in [-0.2, -0.15) is 8.78 Å². The van der Waals surface area contributed by atoms with Crippen LogP contribution in [0, 0.1) is 24.7 Å². The van der Waals surface area contributed by atoms with Gasteiger partial charge in [-0.05, 0) is 93.0 Å². The maximum atomic E-state index is 14.6. The minimum atomic E-state index is -3.26. The molecule has 2 heterocycles. The third-order valence-corrected chi connectivity index (χ3v) is 11.0. The monoisotopic (exact) mass is 769 g/mol. The molecule has 2 unspecified atom stereocenters. The lowest BCUT2D eigenvalue weighted by molar-refractivity contribution is -0.145. The van der Waals surface area contributed by atoms with E-state index in [0.29, 0.717) is 36.8 Å². The third-order valence-electron chi connectivity index (χ3n) is 11.0. The topological polar surface area (TPSA) is 124 Å². The zero-order chi connectivity index (χ0) is 39.7. The average molecular weight is 770 g/mol. The number of alkyl halides is 2. The van der Waals surface area contributed by atoms with Gasteiger partial charge in [-0.15, -0.1) is 0 Å². The predicted molar refractivity (Wildman–Crippen MR) is 214 cm³/mol. The number of aliphatic hydroxyl groups is 2. The number of aryl methyl sites for hydroxylation is 1. The molecule has 1 saturated heterocycles. The number of aliphatic hydroxyl groups excluding tert-OH is 2. The highest BCUT2D eigenvalue weighted by Crippen LogP contribution is 2.37. The van der Waals surface area contributed by atoms with Crippen LogP contribution in [0.4, 0.5) is 14.5 Å². The Hall–Kier alpha value is -4.84. The van der Waals surface area contributed by atoms with Crippen molar-refractivity contribution in [1.29, 1.82) is 0 Å². The van der Waals surface area contributed by atoms with Crippen LogP contribution < -0.4 is 14.8 Å². The summed E-state index contributed by atoms with van der Waals surface area (Å²) in [5, 5.41) is 37.3. The molecule has 0 radical (unpaired) electrons. The second kappa shape index (κ2) is 18.9. The molecule has 56 heavy (non-hydrogen) atoms. The zero-order valence-electron chi connectivity index (χ0n) is 32.0. The number of hydrogen-bond acceptors (Lipinski definition) is 8. The van der Waals surface area contributed by atoms with Crippen molar-refractivity contribution in [3.63, 3.8) is 0 Å². The lowest BCUT2D eigenvalue weighted by Gasteiger charge is -2.23. The van der Waals surface area contributed by atoms with Crippen LogP contribution in [0.1, 0.15) is 50.2 Å². The highest BCUT2D eigenvalue weighted by Gasteiger charge is 2.40. The number of carboxylic acid groups (broad SMARTS) is 1. The summed E-state index contributed by atoms with van der Waals surface area (Å²) in [4.78, 5) is 19.0. The van der Waals surface area contributed by atoms with E-state index in [2.05, 4.69) is 33.4 Å². The zero-order valence-corrected chi connectivity index (χ0v) is 32.0. The van der Waals surface area contributed by atoms with Crippen molar-refractivity contribution >= 4 is 22.4 Å². The maximum Gasteiger partial charge on any atom is 0.310 e. The van der Waals surface area contributed by atoms with Gasteiger partial charge >= 0.3 is 5.97 Å². The van der Waals surface area contributed by atoms with E-state index in [9.17, 15) is 28.9 Å². The van der Waals surface area contributed by atoms with Gasteiger partial charge in [0, 0.05) is 66.9 Å². The molecule has 11 heteroatoms. The number of ether oxygens (including phenoxy) is 2. The second-order valence-corrected chi connectivity index (χ2v) is 15.3. The summed E-state index contributed by atoms with van der Waals surface area (Å²) in [5.41, 5.74) is 3.14. The molecule has 7 atom stereocenters. The second-order valence-electron chi connectivity index (χ2n) is 15.3. The molecule has 4 N–H and O–H groups in total. The molecular formula is C45H53F2N3O6. The van der Waals surface area contributed by atoms with Crippen molar-refractivity contribution in [3.05, 3.63) is 121 Å². The molecule has 1 saturated carbocycles. The standard InChI is InChI=1S/C45H53F2N3O6/c1-30-16-17-32(27-50-23-20-34(28-50)49-40-15-9-10-33-26-48-22-19-37(33)40)24-43(30)56-31(2)36(44(53)54)13-7-4-8-14-38-39(42(52)25-41(38)51)18-21-45(46,47)29-55-35-11-5-3-6-12-35/h3-6,8-12,15-19,21-22,24,26,31,34,36,38-39,41-42,49,51-52H,7,13-14,20,23,25,27-29H2,1-2H3,(H,53,54)/b8-4-,21-18+/t31?,34-,36?,38-,39-,41+,42-/m1/s1. The first-order valence-electron chi connectivity index (χ1n) is 19.5. The fourth-order valence-corrected chi connectivity index (χ4v) is 7.88. The number of benzene rings is 3. The minimum Gasteiger partial charge on any atom is -0.490 e. The average Bonchev–Trinajstić information content (AvgIpc) is 3.73. The van der Waals surface area contributed by atoms with Crippen LogP contribution in [0.3, 0.4) is 0 Å². The molecule has 0 bridgehead atoms. The minimum absolute atomic E-state index is 0.0933. The van der Waals surface area contributed by atoms with Crippen LogP contribution in [0.15, 0.2) is 109 Å². The lowest BCUT2D eigenvalue weighted by Crippen LogP contribution is -2.30. The van der Waals surface area contributed by atoms with Gasteiger partial charge < -0.3 is 30.1 Å². The Kier molecular flexibility index (Phi) is 13.7. The smallest absolute Gasteiger partial charge is 0.310 e. The first kappa shape index (κ1) is 40.8. The number of allylic oxidation sites excluding steroid dienone is 2. The van der Waals surface area contributed by atoms with Crippen molar-refractivity contribution < 1.29 is 38.4 Å². The molecule has 1 aliphatic heterocycles. The summed E-state index contributed by atoms with van der Waals surface area (Å²) < 4.78 is 40.8. The largest absolute Gasteiger partial charge is 0.490 e. The normalized spacial score (nSPS) is 22.9. The van der Waals surface area contributed by atoms with E-state index in [1.807, 2.05) is 55.7 Å². The van der Waals surface area contributed by atoms with Gasteiger partial charge in [0.1, 0.15) is 17.6 Å². The number of carbonyl (C=O) groups is 1.